The largest absolute Gasteiger partial charge is 0.497 e. The quantitative estimate of drug-likeness (QED) is 0.865. The van der Waals surface area contributed by atoms with E-state index in [9.17, 15) is 9.59 Å². The van der Waals surface area contributed by atoms with E-state index >= 15 is 0 Å². The summed E-state index contributed by atoms with van der Waals surface area (Å²) >= 11 is 0. The van der Waals surface area contributed by atoms with Crippen LogP contribution < -0.4 is 10.1 Å². The molecule has 0 bridgehead atoms. The monoisotopic (exact) mass is 327 g/mol. The van der Waals surface area contributed by atoms with Crippen LogP contribution in [0.25, 0.3) is 0 Å². The molecule has 1 heterocycles. The standard InChI is InChI=1S/C19H21NO4/c1-11-16(19(22)24-3)17(12-7-9-13(23-2)10-8-12)18-14(20-11)5-4-6-15(18)21/h7-10,16-17,20H,1,4-6H2,2-3H3. The molecule has 0 saturated carbocycles. The topological polar surface area (TPSA) is 64.6 Å². The summed E-state index contributed by atoms with van der Waals surface area (Å²) in [4.78, 5) is 25.0. The van der Waals surface area contributed by atoms with Crippen molar-refractivity contribution in [3.63, 3.8) is 0 Å². The summed E-state index contributed by atoms with van der Waals surface area (Å²) in [5.41, 5.74) is 3.04. The van der Waals surface area contributed by atoms with Gasteiger partial charge in [0.1, 0.15) is 11.7 Å². The van der Waals surface area contributed by atoms with Crippen molar-refractivity contribution in [2.24, 2.45) is 5.92 Å². The molecule has 5 nitrogen and oxygen atoms in total. The third-order valence-electron chi connectivity index (χ3n) is 4.72. The Labute approximate surface area is 141 Å². The van der Waals surface area contributed by atoms with E-state index in [1.54, 1.807) is 7.11 Å². The highest BCUT2D eigenvalue weighted by Gasteiger charge is 2.43. The molecule has 5 heteroatoms. The second kappa shape index (κ2) is 6.51. The van der Waals surface area contributed by atoms with E-state index in [0.29, 0.717) is 17.7 Å². The van der Waals surface area contributed by atoms with Gasteiger partial charge < -0.3 is 14.8 Å². The molecule has 1 aromatic rings. The molecule has 24 heavy (non-hydrogen) atoms. The molecule has 0 aromatic heterocycles. The normalized spacial score (nSPS) is 23.4. The van der Waals surface area contributed by atoms with Gasteiger partial charge in [0.25, 0.3) is 0 Å². The van der Waals surface area contributed by atoms with Crippen molar-refractivity contribution < 1.29 is 19.1 Å². The fourth-order valence-electron chi connectivity index (χ4n) is 3.57. The molecule has 126 valence electrons. The lowest BCUT2D eigenvalue weighted by molar-refractivity contribution is -0.144. The van der Waals surface area contributed by atoms with Gasteiger partial charge in [0.15, 0.2) is 5.78 Å². The molecular weight excluding hydrogens is 306 g/mol. The molecule has 2 unspecified atom stereocenters. The van der Waals surface area contributed by atoms with Gasteiger partial charge in [-0.2, -0.15) is 0 Å². The van der Waals surface area contributed by atoms with Gasteiger partial charge >= 0.3 is 5.97 Å². The Morgan fingerprint density at radius 1 is 1.21 bits per heavy atom. The average Bonchev–Trinajstić information content (AvgIpc) is 2.60. The van der Waals surface area contributed by atoms with E-state index in [2.05, 4.69) is 11.9 Å². The van der Waals surface area contributed by atoms with E-state index in [0.717, 1.165) is 29.9 Å². The Hall–Kier alpha value is -2.56. The Bertz CT molecular complexity index is 717. The highest BCUT2D eigenvalue weighted by Crippen LogP contribution is 2.44. The molecule has 0 amide bonds. The molecule has 2 aliphatic rings. The summed E-state index contributed by atoms with van der Waals surface area (Å²) in [7, 11) is 2.96. The average molecular weight is 327 g/mol. The molecular formula is C19H21NO4. The van der Waals surface area contributed by atoms with Crippen LogP contribution in [0.5, 0.6) is 5.75 Å². The maximum atomic E-state index is 12.6. The van der Waals surface area contributed by atoms with E-state index < -0.39 is 11.9 Å². The van der Waals surface area contributed by atoms with E-state index in [-0.39, 0.29) is 11.7 Å². The second-order valence-electron chi connectivity index (χ2n) is 6.07. The molecule has 0 spiro atoms. The van der Waals surface area contributed by atoms with Crippen molar-refractivity contribution in [3.8, 4) is 5.75 Å². The number of carbonyl (C=O) groups is 2. The zero-order valence-electron chi connectivity index (χ0n) is 13.9. The number of carbonyl (C=O) groups excluding carboxylic acids is 2. The van der Waals surface area contributed by atoms with E-state index in [4.69, 9.17) is 9.47 Å². The number of ketones is 1. The summed E-state index contributed by atoms with van der Waals surface area (Å²) in [6.07, 6.45) is 2.12. The molecule has 3 rings (SSSR count). The number of methoxy groups -OCH3 is 2. The number of Topliss-reactive ketones (excluding diaryl/α,β-unsaturated/α-hetero) is 1. The Morgan fingerprint density at radius 2 is 1.92 bits per heavy atom. The van der Waals surface area contributed by atoms with Crippen LogP contribution in [0, 0.1) is 5.92 Å². The number of nitrogens with one attached hydrogen (secondary N) is 1. The van der Waals surface area contributed by atoms with Crippen LogP contribution in [0.3, 0.4) is 0 Å². The van der Waals surface area contributed by atoms with Crippen molar-refractivity contribution in [2.45, 2.75) is 25.2 Å². The highest BCUT2D eigenvalue weighted by molar-refractivity contribution is 6.00. The minimum atomic E-state index is -0.621. The van der Waals surface area contributed by atoms with Gasteiger partial charge in [0.2, 0.25) is 0 Å². The van der Waals surface area contributed by atoms with Crippen molar-refractivity contribution in [1.29, 1.82) is 0 Å². The van der Waals surface area contributed by atoms with Crippen LogP contribution in [0.4, 0.5) is 0 Å². The maximum absolute atomic E-state index is 12.6. The summed E-state index contributed by atoms with van der Waals surface area (Å²) in [5.74, 6) is -0.571. The number of hydrogen-bond donors (Lipinski definition) is 1. The van der Waals surface area contributed by atoms with E-state index in [1.165, 1.54) is 7.11 Å². The first-order chi connectivity index (χ1) is 11.6. The third kappa shape index (κ3) is 2.70. The number of hydrogen-bond acceptors (Lipinski definition) is 5. The van der Waals surface area contributed by atoms with Gasteiger partial charge in [-0.3, -0.25) is 9.59 Å². The van der Waals surface area contributed by atoms with Crippen LogP contribution >= 0.6 is 0 Å². The zero-order chi connectivity index (χ0) is 17.3. The number of ether oxygens (including phenoxy) is 2. The predicted octanol–water partition coefficient (Wildman–Crippen LogP) is 2.69. The lowest BCUT2D eigenvalue weighted by atomic mass is 9.71. The van der Waals surface area contributed by atoms with Crippen LogP contribution in [-0.4, -0.2) is 26.0 Å². The van der Waals surface area contributed by atoms with Gasteiger partial charge in [-0.15, -0.1) is 0 Å². The fraction of sp³-hybridized carbons (Fsp3) is 0.368. The summed E-state index contributed by atoms with van der Waals surface area (Å²) < 4.78 is 10.2. The fourth-order valence-corrected chi connectivity index (χ4v) is 3.57. The first-order valence-electron chi connectivity index (χ1n) is 8.00. The molecule has 0 fully saturated rings. The molecule has 0 saturated heterocycles. The number of benzene rings is 1. The van der Waals surface area contributed by atoms with Crippen LogP contribution in [0.15, 0.2) is 47.8 Å². The summed E-state index contributed by atoms with van der Waals surface area (Å²) in [6.45, 7) is 4.01. The summed E-state index contributed by atoms with van der Waals surface area (Å²) in [6, 6.07) is 7.46. The first kappa shape index (κ1) is 16.3. The van der Waals surface area contributed by atoms with Crippen molar-refractivity contribution in [2.75, 3.05) is 14.2 Å². The molecule has 1 aliphatic carbocycles. The smallest absolute Gasteiger partial charge is 0.315 e. The Kier molecular flexibility index (Phi) is 4.42. The van der Waals surface area contributed by atoms with Crippen LogP contribution in [-0.2, 0) is 14.3 Å². The lowest BCUT2D eigenvalue weighted by Crippen LogP contribution is -2.40. The van der Waals surface area contributed by atoms with Gasteiger partial charge in [-0.05, 0) is 30.5 Å². The zero-order valence-corrected chi connectivity index (χ0v) is 13.9. The van der Waals surface area contributed by atoms with Crippen molar-refractivity contribution >= 4 is 11.8 Å². The SMILES string of the molecule is C=C1NC2=C(C(=O)CCC2)C(c2ccc(OC)cc2)C1C(=O)OC. The van der Waals surface area contributed by atoms with Crippen molar-refractivity contribution in [1.82, 2.24) is 5.32 Å². The van der Waals surface area contributed by atoms with Crippen molar-refractivity contribution in [3.05, 3.63) is 53.4 Å². The van der Waals surface area contributed by atoms with E-state index in [1.807, 2.05) is 24.3 Å². The molecule has 1 aromatic carbocycles. The number of allylic oxidation sites excluding steroid dienone is 2. The predicted molar refractivity (Wildman–Crippen MR) is 89.4 cm³/mol. The van der Waals surface area contributed by atoms with Crippen LogP contribution in [0.1, 0.15) is 30.7 Å². The van der Waals surface area contributed by atoms with Gasteiger partial charge in [-0.25, -0.2) is 0 Å². The first-order valence-corrected chi connectivity index (χ1v) is 8.00. The minimum absolute atomic E-state index is 0.0889. The third-order valence-corrected chi connectivity index (χ3v) is 4.72. The molecule has 1 aliphatic heterocycles. The number of rotatable bonds is 3. The molecule has 0 radical (unpaired) electrons. The van der Waals surface area contributed by atoms with Gasteiger partial charge in [0.05, 0.1) is 14.2 Å². The Balaban J connectivity index is 2.13. The molecule has 2 atom stereocenters. The van der Waals surface area contributed by atoms with Gasteiger partial charge in [-0.1, -0.05) is 18.7 Å². The molecule has 1 N–H and O–H groups in total. The van der Waals surface area contributed by atoms with Crippen LogP contribution in [0.2, 0.25) is 0 Å². The summed E-state index contributed by atoms with van der Waals surface area (Å²) in [5, 5.41) is 3.18. The number of esters is 1. The maximum Gasteiger partial charge on any atom is 0.315 e. The second-order valence-corrected chi connectivity index (χ2v) is 6.07. The lowest BCUT2D eigenvalue weighted by Gasteiger charge is -2.38. The Morgan fingerprint density at radius 3 is 2.54 bits per heavy atom. The van der Waals surface area contributed by atoms with Gasteiger partial charge in [0, 0.05) is 29.3 Å². The highest BCUT2D eigenvalue weighted by atomic mass is 16.5. The minimum Gasteiger partial charge on any atom is -0.497 e.